The number of anilines is 1. The highest BCUT2D eigenvalue weighted by Gasteiger charge is 2.20. The van der Waals surface area contributed by atoms with Gasteiger partial charge in [-0.1, -0.05) is 27.8 Å². The Labute approximate surface area is 96.6 Å². The Hall–Kier alpha value is -2.37. The highest BCUT2D eigenvalue weighted by atomic mass is 19.2. The van der Waals surface area contributed by atoms with Crippen molar-refractivity contribution in [3.63, 3.8) is 0 Å². The van der Waals surface area contributed by atoms with Crippen molar-refractivity contribution < 1.29 is 14.4 Å². The summed E-state index contributed by atoms with van der Waals surface area (Å²) in [5, 5.41) is 12.3. The highest BCUT2D eigenvalue weighted by Crippen LogP contribution is 2.21. The van der Waals surface area contributed by atoms with Crippen LogP contribution in [0.3, 0.4) is 0 Å². The average molecular weight is 235 g/mol. The Morgan fingerprint density at radius 3 is 2.65 bits per heavy atom. The molecule has 1 heterocycles. The van der Waals surface area contributed by atoms with E-state index in [0.717, 1.165) is 0 Å². The number of aryl methyl sites for hydroxylation is 1. The predicted molar refractivity (Wildman–Crippen MR) is 59.9 cm³/mol. The van der Waals surface area contributed by atoms with Crippen molar-refractivity contribution in [2.45, 2.75) is 6.92 Å². The molecule has 88 valence electrons. The molecule has 6 heteroatoms. The van der Waals surface area contributed by atoms with Gasteiger partial charge in [-0.15, -0.1) is 0 Å². The van der Waals surface area contributed by atoms with Crippen molar-refractivity contribution in [3.05, 3.63) is 42.1 Å². The summed E-state index contributed by atoms with van der Waals surface area (Å²) in [6.07, 6.45) is -1.68. The van der Waals surface area contributed by atoms with Crippen molar-refractivity contribution in [1.29, 1.82) is 0 Å². The molecule has 0 fully saturated rings. The Bertz CT molecular complexity index is 539. The van der Waals surface area contributed by atoms with Crippen LogP contribution < -0.4 is 5.12 Å². The van der Waals surface area contributed by atoms with Crippen LogP contribution in [0.5, 0.6) is 0 Å². The van der Waals surface area contributed by atoms with Gasteiger partial charge in [-0.25, -0.2) is 9.48 Å². The lowest BCUT2D eigenvalue weighted by Gasteiger charge is -2.10. The summed E-state index contributed by atoms with van der Waals surface area (Å²) < 4.78 is 14.6. The van der Waals surface area contributed by atoms with E-state index >= 15 is 0 Å². The van der Waals surface area contributed by atoms with Crippen LogP contribution in [-0.4, -0.2) is 21.0 Å². The summed E-state index contributed by atoms with van der Waals surface area (Å²) in [5.74, 6) is -0.138. The summed E-state index contributed by atoms with van der Waals surface area (Å²) in [7, 11) is 0. The molecule has 5 nitrogen and oxygen atoms in total. The minimum Gasteiger partial charge on any atom is -0.463 e. The number of carboxylic acid groups (broad SMARTS) is 1. The molecule has 0 aliphatic rings. The third-order valence-electron chi connectivity index (χ3n) is 2.18. The number of amides is 1. The van der Waals surface area contributed by atoms with Crippen LogP contribution in [0.25, 0.3) is 5.69 Å². The quantitative estimate of drug-likeness (QED) is 0.814. The van der Waals surface area contributed by atoms with Crippen molar-refractivity contribution in [3.8, 4) is 5.69 Å². The molecule has 0 saturated heterocycles. The zero-order valence-electron chi connectivity index (χ0n) is 9.04. The molecule has 0 saturated carbocycles. The number of hydrogen-bond donors (Lipinski definition) is 1. The van der Waals surface area contributed by atoms with Gasteiger partial charge in [0.05, 0.1) is 11.4 Å². The van der Waals surface area contributed by atoms with Crippen molar-refractivity contribution in [1.82, 2.24) is 9.78 Å². The molecular weight excluding hydrogens is 225 g/mol. The van der Waals surface area contributed by atoms with E-state index in [1.165, 1.54) is 10.7 Å². The van der Waals surface area contributed by atoms with Gasteiger partial charge in [-0.3, -0.25) is 0 Å². The first kappa shape index (κ1) is 11.1. The third kappa shape index (κ3) is 2.10. The number of halogens is 1. The average Bonchev–Trinajstić information content (AvgIpc) is 2.71. The van der Waals surface area contributed by atoms with E-state index in [2.05, 4.69) is 5.10 Å². The smallest absolute Gasteiger partial charge is 0.442 e. The van der Waals surface area contributed by atoms with Crippen LogP contribution in [0.4, 0.5) is 15.1 Å². The van der Waals surface area contributed by atoms with Crippen LogP contribution in [0, 0.1) is 6.92 Å². The maximum atomic E-state index is 13.4. The van der Waals surface area contributed by atoms with Gasteiger partial charge in [-0.05, 0) is 19.1 Å². The number of hydrogen-bond acceptors (Lipinski definition) is 2. The van der Waals surface area contributed by atoms with E-state index in [9.17, 15) is 9.28 Å². The van der Waals surface area contributed by atoms with Gasteiger partial charge in [0, 0.05) is 6.07 Å². The fourth-order valence-electron chi connectivity index (χ4n) is 1.48. The van der Waals surface area contributed by atoms with Crippen molar-refractivity contribution in [2.75, 3.05) is 5.12 Å². The lowest BCUT2D eigenvalue weighted by Crippen LogP contribution is -2.21. The van der Waals surface area contributed by atoms with E-state index in [1.54, 1.807) is 31.2 Å². The zero-order chi connectivity index (χ0) is 12.4. The van der Waals surface area contributed by atoms with Gasteiger partial charge in [0.2, 0.25) is 0 Å². The Morgan fingerprint density at radius 2 is 2.06 bits per heavy atom. The molecule has 17 heavy (non-hydrogen) atoms. The molecule has 0 aliphatic carbocycles. The number of nitrogens with zero attached hydrogens (tertiary/aromatic N) is 3. The molecular formula is C11H10FN3O2. The van der Waals surface area contributed by atoms with E-state index in [0.29, 0.717) is 11.4 Å². The van der Waals surface area contributed by atoms with Gasteiger partial charge in [0.25, 0.3) is 0 Å². The second kappa shape index (κ2) is 4.25. The summed E-state index contributed by atoms with van der Waals surface area (Å²) in [4.78, 5) is 10.6. The van der Waals surface area contributed by atoms with Gasteiger partial charge in [0.15, 0.2) is 5.82 Å². The molecule has 1 aromatic heterocycles. The van der Waals surface area contributed by atoms with Crippen LogP contribution in [0.1, 0.15) is 5.69 Å². The molecule has 0 aliphatic heterocycles. The third-order valence-corrected chi connectivity index (χ3v) is 2.18. The number of carbonyl (C=O) groups is 1. The fraction of sp³-hybridized carbons (Fsp3) is 0.0909. The lowest BCUT2D eigenvalue weighted by molar-refractivity contribution is 0.185. The first-order valence-electron chi connectivity index (χ1n) is 4.90. The number of para-hydroxylation sites is 1. The Kier molecular flexibility index (Phi) is 2.78. The fourth-order valence-corrected chi connectivity index (χ4v) is 1.48. The molecule has 2 rings (SSSR count). The van der Waals surface area contributed by atoms with E-state index in [4.69, 9.17) is 5.11 Å². The highest BCUT2D eigenvalue weighted by molar-refractivity contribution is 5.82. The molecule has 2 aromatic rings. The van der Waals surface area contributed by atoms with Gasteiger partial charge >= 0.3 is 6.09 Å². The molecule has 1 aromatic carbocycles. The van der Waals surface area contributed by atoms with Crippen LogP contribution in [0.15, 0.2) is 36.4 Å². The SMILES string of the molecule is Cc1cc(N(F)C(=O)O)n(-c2ccccc2)n1. The van der Waals surface area contributed by atoms with Gasteiger partial charge in [0.1, 0.15) is 0 Å². The molecule has 0 atom stereocenters. The van der Waals surface area contributed by atoms with Gasteiger partial charge < -0.3 is 5.11 Å². The van der Waals surface area contributed by atoms with Crippen molar-refractivity contribution >= 4 is 11.9 Å². The minimum atomic E-state index is -1.68. The Morgan fingerprint density at radius 1 is 1.41 bits per heavy atom. The summed E-state index contributed by atoms with van der Waals surface area (Å²) >= 11 is 0. The molecule has 0 bridgehead atoms. The predicted octanol–water partition coefficient (Wildman–Crippen LogP) is 2.55. The van der Waals surface area contributed by atoms with Crippen LogP contribution in [-0.2, 0) is 0 Å². The minimum absolute atomic E-state index is 0.138. The molecule has 0 unspecified atom stereocenters. The van der Waals surface area contributed by atoms with Crippen LogP contribution in [0.2, 0.25) is 0 Å². The van der Waals surface area contributed by atoms with E-state index < -0.39 is 6.09 Å². The van der Waals surface area contributed by atoms with E-state index in [-0.39, 0.29) is 10.9 Å². The van der Waals surface area contributed by atoms with Crippen LogP contribution >= 0.6 is 0 Å². The zero-order valence-corrected chi connectivity index (χ0v) is 9.04. The normalized spacial score (nSPS) is 10.2. The summed E-state index contributed by atoms with van der Waals surface area (Å²) in [6, 6.07) is 10.1. The van der Waals surface area contributed by atoms with Gasteiger partial charge in [-0.2, -0.15) is 5.10 Å². The standard InChI is InChI=1S/C11H10FN3O2/c1-8-7-10(14(12)11(16)17)15(13-8)9-5-3-2-4-6-9/h2-7H,1H3,(H,16,17). The first-order chi connectivity index (χ1) is 8.09. The van der Waals surface area contributed by atoms with E-state index in [1.807, 2.05) is 6.07 Å². The maximum Gasteiger partial charge on any atom is 0.442 e. The second-order valence-corrected chi connectivity index (χ2v) is 3.45. The number of rotatable bonds is 2. The molecule has 0 spiro atoms. The lowest BCUT2D eigenvalue weighted by atomic mass is 10.3. The molecule has 0 radical (unpaired) electrons. The Balaban J connectivity index is 2.52. The largest absolute Gasteiger partial charge is 0.463 e. The second-order valence-electron chi connectivity index (χ2n) is 3.45. The monoisotopic (exact) mass is 235 g/mol. The maximum absolute atomic E-state index is 13.4. The topological polar surface area (TPSA) is 58.4 Å². The number of aromatic nitrogens is 2. The molecule has 1 N–H and O–H groups in total. The first-order valence-corrected chi connectivity index (χ1v) is 4.90. The molecule has 1 amide bonds. The van der Waals surface area contributed by atoms with Crippen molar-refractivity contribution in [2.24, 2.45) is 0 Å². The number of benzene rings is 1. The summed E-state index contributed by atoms with van der Waals surface area (Å²) in [6.45, 7) is 1.67. The summed E-state index contributed by atoms with van der Waals surface area (Å²) in [5.41, 5.74) is 1.13.